The van der Waals surface area contributed by atoms with Gasteiger partial charge in [-0.2, -0.15) is 15.2 Å². The topological polar surface area (TPSA) is 88.7 Å². The molecule has 1 aliphatic rings. The molecule has 0 amide bonds. The van der Waals surface area contributed by atoms with Gasteiger partial charge in [0.05, 0.1) is 12.4 Å². The quantitative estimate of drug-likeness (QED) is 0.762. The van der Waals surface area contributed by atoms with Crippen LogP contribution in [0.3, 0.4) is 0 Å². The average molecular weight is 348 g/mol. The summed E-state index contributed by atoms with van der Waals surface area (Å²) in [6.45, 7) is 2.76. The van der Waals surface area contributed by atoms with Gasteiger partial charge in [-0.25, -0.2) is 4.98 Å². The molecule has 7 nitrogen and oxygen atoms in total. The van der Waals surface area contributed by atoms with E-state index in [4.69, 9.17) is 4.74 Å². The molecule has 1 N–H and O–H groups in total. The molecule has 0 aliphatic carbocycles. The van der Waals surface area contributed by atoms with E-state index in [1.807, 2.05) is 28.8 Å². The Bertz CT molecular complexity index is 946. The van der Waals surface area contributed by atoms with Crippen LogP contribution in [0.25, 0.3) is 11.2 Å². The normalized spacial score (nSPS) is 19.5. The van der Waals surface area contributed by atoms with Crippen molar-refractivity contribution in [3.8, 4) is 6.07 Å². The number of imidazole rings is 1. The number of hydrogen-bond donors (Lipinski definition) is 1. The van der Waals surface area contributed by atoms with Crippen LogP contribution < -0.4 is 5.32 Å². The highest BCUT2D eigenvalue weighted by atomic mass is 16.5. The van der Waals surface area contributed by atoms with Gasteiger partial charge in [-0.15, -0.1) is 0 Å². The third-order valence-corrected chi connectivity index (χ3v) is 4.59. The molecule has 3 aromatic rings. The van der Waals surface area contributed by atoms with Gasteiger partial charge in [0.1, 0.15) is 12.3 Å². The van der Waals surface area contributed by atoms with Crippen LogP contribution in [0.5, 0.6) is 0 Å². The lowest BCUT2D eigenvalue weighted by Crippen LogP contribution is -2.11. The van der Waals surface area contributed by atoms with E-state index in [1.54, 1.807) is 6.33 Å². The zero-order valence-electron chi connectivity index (χ0n) is 14.6. The van der Waals surface area contributed by atoms with Crippen molar-refractivity contribution in [2.75, 3.05) is 11.9 Å². The maximum atomic E-state index is 9.30. The number of nitriles is 1. The lowest BCUT2D eigenvalue weighted by molar-refractivity contribution is 0.0131. The summed E-state index contributed by atoms with van der Waals surface area (Å²) >= 11 is 0. The Balaban J connectivity index is 1.60. The van der Waals surface area contributed by atoms with Crippen molar-refractivity contribution >= 4 is 17.0 Å². The molecular formula is C19H20N6O. The standard InChI is InChI=1S/C19H20N6O/c1-13-7-8-16(26-13)25-12-22-17-18(23-15(11-20)24-19(17)25)21-10-9-14-5-3-2-4-6-14/h2-6,12-13,16H,7-10H2,1H3,(H,21,23,24). The van der Waals surface area contributed by atoms with Crippen LogP contribution in [0.2, 0.25) is 0 Å². The Morgan fingerprint density at radius 1 is 1.27 bits per heavy atom. The van der Waals surface area contributed by atoms with Crippen molar-refractivity contribution < 1.29 is 4.74 Å². The highest BCUT2D eigenvalue weighted by Crippen LogP contribution is 2.31. The Kier molecular flexibility index (Phi) is 4.50. The van der Waals surface area contributed by atoms with E-state index >= 15 is 0 Å². The van der Waals surface area contributed by atoms with Gasteiger partial charge in [0.2, 0.25) is 5.82 Å². The van der Waals surface area contributed by atoms with E-state index in [1.165, 1.54) is 5.56 Å². The van der Waals surface area contributed by atoms with Crippen molar-refractivity contribution in [2.24, 2.45) is 0 Å². The molecule has 2 atom stereocenters. The Hall–Kier alpha value is -2.98. The van der Waals surface area contributed by atoms with Gasteiger partial charge in [-0.1, -0.05) is 30.3 Å². The minimum absolute atomic E-state index is 0.0892. The smallest absolute Gasteiger partial charge is 0.236 e. The van der Waals surface area contributed by atoms with Crippen LogP contribution in [-0.2, 0) is 11.2 Å². The van der Waals surface area contributed by atoms with Crippen molar-refractivity contribution in [3.63, 3.8) is 0 Å². The fraction of sp³-hybridized carbons (Fsp3) is 0.368. The van der Waals surface area contributed by atoms with Crippen molar-refractivity contribution in [3.05, 3.63) is 48.0 Å². The summed E-state index contributed by atoms with van der Waals surface area (Å²) in [4.78, 5) is 13.1. The number of hydrogen-bond acceptors (Lipinski definition) is 6. The van der Waals surface area contributed by atoms with Gasteiger partial charge < -0.3 is 10.1 Å². The number of nitrogens with one attached hydrogen (secondary N) is 1. The fourth-order valence-electron chi connectivity index (χ4n) is 3.26. The molecule has 0 saturated carbocycles. The molecule has 3 heterocycles. The molecule has 1 saturated heterocycles. The van der Waals surface area contributed by atoms with Gasteiger partial charge in [0.15, 0.2) is 17.0 Å². The van der Waals surface area contributed by atoms with Crippen LogP contribution >= 0.6 is 0 Å². The predicted molar refractivity (Wildman–Crippen MR) is 97.5 cm³/mol. The molecule has 2 unspecified atom stereocenters. The molecule has 132 valence electrons. The van der Waals surface area contributed by atoms with Gasteiger partial charge in [0.25, 0.3) is 0 Å². The Labute approximate surface area is 151 Å². The number of aromatic nitrogens is 4. The summed E-state index contributed by atoms with van der Waals surface area (Å²) in [5, 5.41) is 12.6. The second kappa shape index (κ2) is 7.10. The molecule has 1 aliphatic heterocycles. The first-order valence-corrected chi connectivity index (χ1v) is 8.82. The minimum atomic E-state index is -0.0892. The molecule has 26 heavy (non-hydrogen) atoms. The molecule has 1 aromatic carbocycles. The molecule has 2 aromatic heterocycles. The Morgan fingerprint density at radius 3 is 2.85 bits per heavy atom. The maximum Gasteiger partial charge on any atom is 0.236 e. The SMILES string of the molecule is CC1CCC(n2cnc3c(NCCc4ccccc4)nc(C#N)nc32)O1. The number of ether oxygens (including phenoxy) is 1. The van der Waals surface area contributed by atoms with Crippen LogP contribution in [0.4, 0.5) is 5.82 Å². The van der Waals surface area contributed by atoms with E-state index < -0.39 is 0 Å². The van der Waals surface area contributed by atoms with Crippen molar-refractivity contribution in [1.82, 2.24) is 19.5 Å². The summed E-state index contributed by atoms with van der Waals surface area (Å²) in [6, 6.07) is 12.3. The first-order valence-electron chi connectivity index (χ1n) is 8.82. The van der Waals surface area contributed by atoms with Crippen LogP contribution in [0.15, 0.2) is 36.7 Å². The summed E-state index contributed by atoms with van der Waals surface area (Å²) in [5.74, 6) is 0.722. The summed E-state index contributed by atoms with van der Waals surface area (Å²) in [5.41, 5.74) is 2.54. The van der Waals surface area contributed by atoms with Crippen LogP contribution in [0, 0.1) is 11.3 Å². The fourth-order valence-corrected chi connectivity index (χ4v) is 3.26. The van der Waals surface area contributed by atoms with Crippen molar-refractivity contribution in [2.45, 2.75) is 38.5 Å². The molecule has 0 radical (unpaired) electrons. The average Bonchev–Trinajstić information content (AvgIpc) is 3.28. The first-order chi connectivity index (χ1) is 12.7. The molecule has 7 heteroatoms. The third kappa shape index (κ3) is 3.24. The van der Waals surface area contributed by atoms with E-state index in [9.17, 15) is 5.26 Å². The number of anilines is 1. The third-order valence-electron chi connectivity index (χ3n) is 4.59. The molecule has 4 rings (SSSR count). The number of benzene rings is 1. The second-order valence-corrected chi connectivity index (χ2v) is 6.47. The number of fused-ring (bicyclic) bond motifs is 1. The van der Waals surface area contributed by atoms with Crippen LogP contribution in [-0.4, -0.2) is 32.2 Å². The zero-order valence-corrected chi connectivity index (χ0v) is 14.6. The van der Waals surface area contributed by atoms with Crippen molar-refractivity contribution in [1.29, 1.82) is 5.26 Å². The highest BCUT2D eigenvalue weighted by Gasteiger charge is 2.26. The summed E-state index contributed by atoms with van der Waals surface area (Å²) < 4.78 is 7.83. The van der Waals surface area contributed by atoms with E-state index in [2.05, 4.69) is 39.3 Å². The molecular weight excluding hydrogens is 328 g/mol. The first kappa shape index (κ1) is 16.5. The monoisotopic (exact) mass is 348 g/mol. The second-order valence-electron chi connectivity index (χ2n) is 6.47. The molecule has 1 fully saturated rings. The number of rotatable bonds is 5. The minimum Gasteiger partial charge on any atom is -0.368 e. The number of nitrogens with zero attached hydrogens (tertiary/aromatic N) is 5. The highest BCUT2D eigenvalue weighted by molar-refractivity contribution is 5.83. The van der Waals surface area contributed by atoms with Gasteiger partial charge in [-0.3, -0.25) is 4.57 Å². The lowest BCUT2D eigenvalue weighted by atomic mass is 10.1. The van der Waals surface area contributed by atoms with E-state index in [-0.39, 0.29) is 18.2 Å². The zero-order chi connectivity index (χ0) is 17.9. The Morgan fingerprint density at radius 2 is 2.12 bits per heavy atom. The largest absolute Gasteiger partial charge is 0.368 e. The van der Waals surface area contributed by atoms with E-state index in [0.717, 1.165) is 19.3 Å². The molecule has 0 bridgehead atoms. The summed E-state index contributed by atoms with van der Waals surface area (Å²) in [6.07, 6.45) is 4.63. The van der Waals surface area contributed by atoms with Gasteiger partial charge in [0, 0.05) is 6.54 Å². The van der Waals surface area contributed by atoms with Gasteiger partial charge >= 0.3 is 0 Å². The van der Waals surface area contributed by atoms with Gasteiger partial charge in [-0.05, 0) is 31.7 Å². The maximum absolute atomic E-state index is 9.30. The van der Waals surface area contributed by atoms with Crippen LogP contribution in [0.1, 0.15) is 37.4 Å². The molecule has 0 spiro atoms. The lowest BCUT2D eigenvalue weighted by Gasteiger charge is -2.13. The predicted octanol–water partition coefficient (Wildman–Crippen LogP) is 3.05. The van der Waals surface area contributed by atoms with E-state index in [0.29, 0.717) is 23.5 Å². The summed E-state index contributed by atoms with van der Waals surface area (Å²) in [7, 11) is 0.